The molecule has 0 radical (unpaired) electrons. The van der Waals surface area contributed by atoms with E-state index in [1.54, 1.807) is 6.20 Å². The number of rotatable bonds is 3. The lowest BCUT2D eigenvalue weighted by atomic mass is 10.0. The van der Waals surface area contributed by atoms with Gasteiger partial charge in [-0.05, 0) is 18.6 Å². The highest BCUT2D eigenvalue weighted by Crippen LogP contribution is 2.18. The Hall–Kier alpha value is -1.20. The molecular weight excluding hydrogens is 194 g/mol. The van der Waals surface area contributed by atoms with Crippen molar-refractivity contribution in [2.75, 3.05) is 25.1 Å². The Morgan fingerprint density at radius 2 is 2.53 bits per heavy atom. The summed E-state index contributed by atoms with van der Waals surface area (Å²) in [6.07, 6.45) is 2.36. The van der Waals surface area contributed by atoms with Crippen molar-refractivity contribution >= 4 is 5.82 Å². The van der Waals surface area contributed by atoms with Crippen molar-refractivity contribution in [2.24, 2.45) is 0 Å². The molecule has 0 spiro atoms. The van der Waals surface area contributed by atoms with Gasteiger partial charge in [0.2, 0.25) is 0 Å². The molecule has 1 aromatic rings. The minimum atomic E-state index is -0.759. The Labute approximate surface area is 88.5 Å². The molecule has 15 heavy (non-hydrogen) atoms. The summed E-state index contributed by atoms with van der Waals surface area (Å²) in [5.41, 5.74) is 0.285. The number of anilines is 1. The number of ether oxygens (including phenoxy) is 1. The van der Waals surface area contributed by atoms with E-state index in [-0.39, 0.29) is 0 Å². The molecule has 2 N–H and O–H groups in total. The average molecular weight is 209 g/mol. The van der Waals surface area contributed by atoms with E-state index >= 15 is 0 Å². The Morgan fingerprint density at radius 1 is 1.67 bits per heavy atom. The monoisotopic (exact) mass is 209 g/mol. The average Bonchev–Trinajstić information content (AvgIpc) is 2.63. The maximum atomic E-state index is 9.99. The molecule has 0 aliphatic carbocycles. The molecule has 1 atom stereocenters. The van der Waals surface area contributed by atoms with Crippen LogP contribution < -0.4 is 5.32 Å². The predicted octanol–water partition coefficient (Wildman–Crippen LogP) is 0.348. The number of aryl methyl sites for hydroxylation is 1. The summed E-state index contributed by atoms with van der Waals surface area (Å²) in [5.74, 6) is 0.690. The van der Waals surface area contributed by atoms with Crippen LogP contribution in [0.4, 0.5) is 5.82 Å². The van der Waals surface area contributed by atoms with Crippen molar-refractivity contribution in [1.29, 1.82) is 0 Å². The first kappa shape index (κ1) is 10.3. The van der Waals surface area contributed by atoms with E-state index in [0.717, 1.165) is 5.56 Å². The van der Waals surface area contributed by atoms with Crippen LogP contribution in [0.1, 0.15) is 12.0 Å². The molecule has 5 heteroatoms. The lowest BCUT2D eigenvalue weighted by Gasteiger charge is -2.20. The minimum Gasteiger partial charge on any atom is -0.386 e. The van der Waals surface area contributed by atoms with Crippen LogP contribution >= 0.6 is 0 Å². The molecule has 2 rings (SSSR count). The SMILES string of the molecule is Cc1cnnc(NCC2(O)CCOC2)c1. The fraction of sp³-hybridized carbons (Fsp3) is 0.600. The second kappa shape index (κ2) is 4.12. The Balaban J connectivity index is 1.92. The Kier molecular flexibility index (Phi) is 2.83. The van der Waals surface area contributed by atoms with Gasteiger partial charge < -0.3 is 15.2 Å². The second-order valence-corrected chi connectivity index (χ2v) is 4.00. The second-order valence-electron chi connectivity index (χ2n) is 4.00. The highest BCUT2D eigenvalue weighted by molar-refractivity contribution is 5.35. The van der Waals surface area contributed by atoms with Gasteiger partial charge in [-0.3, -0.25) is 0 Å². The van der Waals surface area contributed by atoms with Crippen molar-refractivity contribution in [3.05, 3.63) is 17.8 Å². The molecule has 0 aromatic carbocycles. The minimum absolute atomic E-state index is 0.388. The van der Waals surface area contributed by atoms with Gasteiger partial charge in [-0.1, -0.05) is 0 Å². The highest BCUT2D eigenvalue weighted by atomic mass is 16.5. The van der Waals surface area contributed by atoms with Crippen molar-refractivity contribution < 1.29 is 9.84 Å². The fourth-order valence-corrected chi connectivity index (χ4v) is 1.54. The van der Waals surface area contributed by atoms with Crippen molar-refractivity contribution in [2.45, 2.75) is 18.9 Å². The molecule has 2 heterocycles. The lowest BCUT2D eigenvalue weighted by Crippen LogP contribution is -2.37. The first-order valence-corrected chi connectivity index (χ1v) is 5.01. The van der Waals surface area contributed by atoms with Gasteiger partial charge in [-0.15, -0.1) is 5.10 Å². The van der Waals surface area contributed by atoms with Crippen LogP contribution in [0.15, 0.2) is 12.3 Å². The number of aromatic nitrogens is 2. The molecule has 82 valence electrons. The van der Waals surface area contributed by atoms with Crippen LogP contribution in [-0.2, 0) is 4.74 Å². The molecule has 1 fully saturated rings. The highest BCUT2D eigenvalue weighted by Gasteiger charge is 2.31. The molecule has 1 aromatic heterocycles. The lowest BCUT2D eigenvalue weighted by molar-refractivity contribution is 0.0381. The zero-order valence-electron chi connectivity index (χ0n) is 8.73. The molecule has 1 aliphatic heterocycles. The van der Waals surface area contributed by atoms with Crippen LogP contribution in [-0.4, -0.2) is 40.7 Å². The number of aliphatic hydroxyl groups is 1. The summed E-state index contributed by atoms with van der Waals surface area (Å²) in [5, 5.41) is 20.8. The Morgan fingerprint density at radius 3 is 3.20 bits per heavy atom. The first-order valence-electron chi connectivity index (χ1n) is 5.01. The van der Waals surface area contributed by atoms with E-state index in [4.69, 9.17) is 4.74 Å². The van der Waals surface area contributed by atoms with Gasteiger partial charge in [0, 0.05) is 19.6 Å². The quantitative estimate of drug-likeness (QED) is 0.751. The van der Waals surface area contributed by atoms with Gasteiger partial charge in [0.25, 0.3) is 0 Å². The molecule has 0 bridgehead atoms. The number of nitrogens with zero attached hydrogens (tertiary/aromatic N) is 2. The summed E-state index contributed by atoms with van der Waals surface area (Å²) in [6.45, 7) is 3.41. The van der Waals surface area contributed by atoms with Gasteiger partial charge in [-0.25, -0.2) is 0 Å². The molecular formula is C10H15N3O2. The molecule has 5 nitrogen and oxygen atoms in total. The maximum absolute atomic E-state index is 9.99. The largest absolute Gasteiger partial charge is 0.386 e. The summed E-state index contributed by atoms with van der Waals surface area (Å²) < 4.78 is 5.15. The number of hydrogen-bond donors (Lipinski definition) is 2. The Bertz CT molecular complexity index is 337. The summed E-state index contributed by atoms with van der Waals surface area (Å²) >= 11 is 0. The van der Waals surface area contributed by atoms with Crippen LogP contribution in [0.5, 0.6) is 0 Å². The number of hydrogen-bond acceptors (Lipinski definition) is 5. The standard InChI is InChI=1S/C10H15N3O2/c1-8-4-9(13-12-5-8)11-6-10(14)2-3-15-7-10/h4-5,14H,2-3,6-7H2,1H3,(H,11,13). The van der Waals surface area contributed by atoms with Crippen molar-refractivity contribution in [3.8, 4) is 0 Å². The van der Waals surface area contributed by atoms with E-state index < -0.39 is 5.60 Å². The van der Waals surface area contributed by atoms with Gasteiger partial charge in [0.1, 0.15) is 11.4 Å². The maximum Gasteiger partial charge on any atom is 0.149 e. The topological polar surface area (TPSA) is 67.3 Å². The zero-order chi connectivity index (χ0) is 10.7. The third-order valence-electron chi connectivity index (χ3n) is 2.47. The van der Waals surface area contributed by atoms with E-state index in [9.17, 15) is 5.11 Å². The van der Waals surface area contributed by atoms with Crippen molar-refractivity contribution in [1.82, 2.24) is 10.2 Å². The molecule has 1 saturated heterocycles. The predicted molar refractivity (Wildman–Crippen MR) is 55.6 cm³/mol. The third-order valence-corrected chi connectivity index (χ3v) is 2.47. The summed E-state index contributed by atoms with van der Waals surface area (Å²) in [6, 6.07) is 1.90. The molecule has 0 saturated carbocycles. The van der Waals surface area contributed by atoms with E-state index in [1.807, 2.05) is 13.0 Å². The van der Waals surface area contributed by atoms with Gasteiger partial charge in [0.15, 0.2) is 0 Å². The third kappa shape index (κ3) is 2.64. The van der Waals surface area contributed by atoms with E-state index in [2.05, 4.69) is 15.5 Å². The van der Waals surface area contributed by atoms with Crippen LogP contribution in [0.3, 0.4) is 0 Å². The van der Waals surface area contributed by atoms with Crippen molar-refractivity contribution in [3.63, 3.8) is 0 Å². The van der Waals surface area contributed by atoms with Gasteiger partial charge >= 0.3 is 0 Å². The summed E-state index contributed by atoms with van der Waals surface area (Å²) in [4.78, 5) is 0. The first-order chi connectivity index (χ1) is 7.18. The molecule has 1 aliphatic rings. The summed E-state index contributed by atoms with van der Waals surface area (Å²) in [7, 11) is 0. The van der Waals surface area contributed by atoms with Gasteiger partial charge in [-0.2, -0.15) is 5.10 Å². The fourth-order valence-electron chi connectivity index (χ4n) is 1.54. The zero-order valence-corrected chi connectivity index (χ0v) is 8.73. The van der Waals surface area contributed by atoms with Crippen LogP contribution in [0.25, 0.3) is 0 Å². The van der Waals surface area contributed by atoms with Crippen LogP contribution in [0.2, 0.25) is 0 Å². The van der Waals surface area contributed by atoms with Crippen LogP contribution in [0, 0.1) is 6.92 Å². The number of nitrogens with one attached hydrogen (secondary N) is 1. The van der Waals surface area contributed by atoms with E-state index in [0.29, 0.717) is 32.0 Å². The molecule has 1 unspecified atom stereocenters. The van der Waals surface area contributed by atoms with Gasteiger partial charge in [0.05, 0.1) is 12.8 Å². The van der Waals surface area contributed by atoms with E-state index in [1.165, 1.54) is 0 Å². The molecule has 0 amide bonds. The normalized spacial score (nSPS) is 25.5. The smallest absolute Gasteiger partial charge is 0.149 e.